The van der Waals surface area contributed by atoms with Gasteiger partial charge in [0.15, 0.2) is 17.3 Å². The van der Waals surface area contributed by atoms with E-state index >= 15 is 0 Å². The van der Waals surface area contributed by atoms with Crippen LogP contribution < -0.4 is 15.0 Å². The van der Waals surface area contributed by atoms with Gasteiger partial charge < -0.3 is 9.47 Å². The van der Waals surface area contributed by atoms with Crippen LogP contribution in [0.2, 0.25) is 0 Å². The van der Waals surface area contributed by atoms with Crippen molar-refractivity contribution in [2.24, 2.45) is 4.99 Å². The fraction of sp³-hybridized carbons (Fsp3) is 0.227. The van der Waals surface area contributed by atoms with Gasteiger partial charge in [-0.3, -0.25) is 20.7 Å². The molecule has 0 amide bonds. The molecular weight excluding hydrogens is 368 g/mol. The van der Waals surface area contributed by atoms with Crippen LogP contribution in [0, 0.1) is 0 Å². The summed E-state index contributed by atoms with van der Waals surface area (Å²) in [5.74, 6) is 2.15. The molecule has 4 rings (SSSR count). The van der Waals surface area contributed by atoms with Crippen LogP contribution in [-0.4, -0.2) is 26.6 Å². The summed E-state index contributed by atoms with van der Waals surface area (Å²) in [5, 5.41) is 9.44. The minimum Gasteiger partial charge on any atom is -0.483 e. The van der Waals surface area contributed by atoms with Gasteiger partial charge in [-0.25, -0.2) is 4.98 Å². The van der Waals surface area contributed by atoms with Gasteiger partial charge in [-0.15, -0.1) is 0 Å². The predicted molar refractivity (Wildman–Crippen MR) is 109 cm³/mol. The number of amidine groups is 1. The average molecular weight is 390 g/mol. The van der Waals surface area contributed by atoms with Crippen LogP contribution in [-0.2, 0) is 13.0 Å². The molecule has 0 bridgehead atoms. The van der Waals surface area contributed by atoms with Crippen LogP contribution in [0.3, 0.4) is 0 Å². The van der Waals surface area contributed by atoms with Crippen molar-refractivity contribution in [3.8, 4) is 17.4 Å². The maximum absolute atomic E-state index is 9.44. The Labute approximate surface area is 169 Å². The van der Waals surface area contributed by atoms with E-state index in [4.69, 9.17) is 9.47 Å². The molecule has 7 nitrogen and oxygen atoms in total. The van der Waals surface area contributed by atoms with Crippen molar-refractivity contribution in [1.29, 1.82) is 0 Å². The van der Waals surface area contributed by atoms with Gasteiger partial charge in [0.2, 0.25) is 5.88 Å². The van der Waals surface area contributed by atoms with Crippen molar-refractivity contribution in [2.75, 3.05) is 0 Å². The summed E-state index contributed by atoms with van der Waals surface area (Å²) in [5.41, 5.74) is 4.59. The second-order valence-corrected chi connectivity index (χ2v) is 7.41. The van der Waals surface area contributed by atoms with Crippen molar-refractivity contribution in [3.63, 3.8) is 0 Å². The Kier molecular flexibility index (Phi) is 5.14. The first-order valence-electron chi connectivity index (χ1n) is 9.33. The zero-order valence-electron chi connectivity index (χ0n) is 16.3. The number of aromatic nitrogens is 2. The molecule has 3 aromatic rings. The normalized spacial score (nSPS) is 14.8. The lowest BCUT2D eigenvalue weighted by atomic mass is 10.0. The fourth-order valence-corrected chi connectivity index (χ4v) is 3.21. The quantitative estimate of drug-likeness (QED) is 0.390. The number of ether oxygens (including phenoxy) is 2. The molecule has 29 heavy (non-hydrogen) atoms. The molecule has 0 unspecified atom stereocenters. The topological polar surface area (TPSA) is 88.9 Å². The maximum atomic E-state index is 9.44. The molecule has 0 radical (unpaired) electrons. The molecule has 2 N–H and O–H groups in total. The monoisotopic (exact) mass is 390 g/mol. The van der Waals surface area contributed by atoms with Gasteiger partial charge in [0.05, 0.1) is 6.54 Å². The van der Waals surface area contributed by atoms with Gasteiger partial charge in [0, 0.05) is 42.2 Å². The molecule has 1 aliphatic heterocycles. The molecule has 0 fully saturated rings. The molecule has 1 aliphatic rings. The Hall–Kier alpha value is -3.45. The summed E-state index contributed by atoms with van der Waals surface area (Å²) in [6, 6.07) is 13.1. The second-order valence-electron chi connectivity index (χ2n) is 7.41. The van der Waals surface area contributed by atoms with Gasteiger partial charge in [0.25, 0.3) is 0 Å². The highest BCUT2D eigenvalue weighted by Crippen LogP contribution is 2.43. The smallest absolute Gasteiger partial charge is 0.219 e. The van der Waals surface area contributed by atoms with Gasteiger partial charge in [0.1, 0.15) is 5.60 Å². The number of nitrogens with one attached hydrogen (secondary N) is 1. The zero-order valence-corrected chi connectivity index (χ0v) is 16.3. The number of para-hydroxylation sites is 1. The molecule has 0 atom stereocenters. The highest BCUT2D eigenvalue weighted by molar-refractivity contribution is 5.97. The van der Waals surface area contributed by atoms with Crippen molar-refractivity contribution in [2.45, 2.75) is 32.4 Å². The molecule has 3 heterocycles. The van der Waals surface area contributed by atoms with E-state index in [-0.39, 0.29) is 5.60 Å². The van der Waals surface area contributed by atoms with Crippen LogP contribution in [0.15, 0.2) is 66.0 Å². The summed E-state index contributed by atoms with van der Waals surface area (Å²) < 4.78 is 12.0. The molecule has 0 saturated carbocycles. The summed E-state index contributed by atoms with van der Waals surface area (Å²) in [7, 11) is 0. The number of aliphatic imine (C=N–C) groups is 1. The van der Waals surface area contributed by atoms with Gasteiger partial charge in [-0.1, -0.05) is 18.2 Å². The molecular formula is C22H22N4O3. The molecule has 0 saturated heterocycles. The maximum Gasteiger partial charge on any atom is 0.219 e. The fourth-order valence-electron chi connectivity index (χ4n) is 3.21. The molecule has 7 heteroatoms. The highest BCUT2D eigenvalue weighted by atomic mass is 16.5. The van der Waals surface area contributed by atoms with Crippen LogP contribution in [0.1, 0.15) is 30.5 Å². The number of nitrogens with zero attached hydrogens (tertiary/aromatic N) is 3. The van der Waals surface area contributed by atoms with Crippen molar-refractivity contribution < 1.29 is 14.7 Å². The third-order valence-corrected chi connectivity index (χ3v) is 4.53. The van der Waals surface area contributed by atoms with E-state index < -0.39 is 0 Å². The lowest BCUT2D eigenvalue weighted by Crippen LogP contribution is -2.24. The largest absolute Gasteiger partial charge is 0.483 e. The lowest BCUT2D eigenvalue weighted by Gasteiger charge is -2.18. The number of hydrogen-bond acceptors (Lipinski definition) is 6. The van der Waals surface area contributed by atoms with Gasteiger partial charge in [-0.2, -0.15) is 0 Å². The second kappa shape index (κ2) is 7.89. The number of fused-ring (bicyclic) bond motifs is 1. The van der Waals surface area contributed by atoms with Crippen LogP contribution >= 0.6 is 0 Å². The Balaban J connectivity index is 1.49. The third-order valence-electron chi connectivity index (χ3n) is 4.53. The van der Waals surface area contributed by atoms with E-state index in [1.165, 1.54) is 0 Å². The van der Waals surface area contributed by atoms with E-state index in [1.54, 1.807) is 30.7 Å². The standard InChI is InChI=1S/C22H22N4O3/c1-22(2)11-16-6-3-7-18(20(16)29-22)28-19-9-8-17(14-24-19)21(26-27)25-13-15-5-4-10-23-12-15/h3-10,12,14,27H,11,13H2,1-2H3,(H,25,26). The Morgan fingerprint density at radius 1 is 1.21 bits per heavy atom. The molecule has 0 aliphatic carbocycles. The predicted octanol–water partition coefficient (Wildman–Crippen LogP) is 3.91. The Morgan fingerprint density at radius 2 is 2.10 bits per heavy atom. The zero-order chi connectivity index (χ0) is 20.3. The van der Waals surface area contributed by atoms with Crippen LogP contribution in [0.25, 0.3) is 0 Å². The van der Waals surface area contributed by atoms with E-state index in [9.17, 15) is 5.21 Å². The van der Waals surface area contributed by atoms with E-state index in [2.05, 4.69) is 34.3 Å². The minimum absolute atomic E-state index is 0.245. The number of rotatable bonds is 5. The number of hydroxylamine groups is 1. The first kappa shape index (κ1) is 18.9. The van der Waals surface area contributed by atoms with E-state index in [0.29, 0.717) is 29.6 Å². The summed E-state index contributed by atoms with van der Waals surface area (Å²) in [6.07, 6.45) is 5.87. The van der Waals surface area contributed by atoms with Crippen LogP contribution in [0.5, 0.6) is 17.4 Å². The summed E-state index contributed by atoms with van der Waals surface area (Å²) >= 11 is 0. The van der Waals surface area contributed by atoms with E-state index in [1.807, 2.05) is 30.3 Å². The van der Waals surface area contributed by atoms with E-state index in [0.717, 1.165) is 23.3 Å². The minimum atomic E-state index is -0.245. The van der Waals surface area contributed by atoms with Gasteiger partial charge in [-0.05, 0) is 37.6 Å². The highest BCUT2D eigenvalue weighted by Gasteiger charge is 2.32. The summed E-state index contributed by atoms with van der Waals surface area (Å²) in [4.78, 5) is 12.8. The number of benzene rings is 1. The SMILES string of the molecule is CC1(C)Cc2cccc(Oc3ccc(C(=NCc4cccnc4)NO)cn3)c2O1. The average Bonchev–Trinajstić information content (AvgIpc) is 3.05. The Bertz CT molecular complexity index is 1020. The van der Waals surface area contributed by atoms with Crippen molar-refractivity contribution in [1.82, 2.24) is 15.4 Å². The van der Waals surface area contributed by atoms with Gasteiger partial charge >= 0.3 is 0 Å². The summed E-state index contributed by atoms with van der Waals surface area (Å²) in [6.45, 7) is 4.49. The molecule has 148 valence electrons. The van der Waals surface area contributed by atoms with Crippen molar-refractivity contribution in [3.05, 3.63) is 77.7 Å². The molecule has 0 spiro atoms. The van der Waals surface area contributed by atoms with Crippen LogP contribution in [0.4, 0.5) is 0 Å². The van der Waals surface area contributed by atoms with Crippen molar-refractivity contribution >= 4 is 5.84 Å². The Morgan fingerprint density at radius 3 is 2.83 bits per heavy atom. The molecule has 2 aromatic heterocycles. The molecule has 1 aromatic carbocycles. The number of pyridine rings is 2. The first-order valence-corrected chi connectivity index (χ1v) is 9.33. The third kappa shape index (κ3) is 4.35. The number of hydrogen-bond donors (Lipinski definition) is 2. The first-order chi connectivity index (χ1) is 14.0. The lowest BCUT2D eigenvalue weighted by molar-refractivity contribution is 0.135.